The summed E-state index contributed by atoms with van der Waals surface area (Å²) in [4.78, 5) is 0. The standard InChI is InChI=1S/C19H33NO/c1-15(20-14-19(5,6)12-7-13-21)16-8-10-17(11-9-16)18(2,3)4/h8-11,15,20-21H,7,12-14H2,1-6H3. The Labute approximate surface area is 131 Å². The summed E-state index contributed by atoms with van der Waals surface area (Å²) < 4.78 is 0. The van der Waals surface area contributed by atoms with Crippen LogP contribution in [-0.2, 0) is 5.41 Å². The van der Waals surface area contributed by atoms with E-state index in [2.05, 4.69) is 71.1 Å². The van der Waals surface area contributed by atoms with Gasteiger partial charge in [-0.1, -0.05) is 58.9 Å². The Kier molecular flexibility index (Phi) is 6.42. The molecule has 1 aromatic carbocycles. The Balaban J connectivity index is 2.58. The molecule has 0 amide bonds. The van der Waals surface area contributed by atoms with E-state index in [-0.39, 0.29) is 17.4 Å². The second-order valence-electron chi connectivity index (χ2n) is 7.97. The lowest BCUT2D eigenvalue weighted by Crippen LogP contribution is -2.31. The molecule has 2 N–H and O–H groups in total. The summed E-state index contributed by atoms with van der Waals surface area (Å²) in [5.74, 6) is 0. The number of nitrogens with one attached hydrogen (secondary N) is 1. The topological polar surface area (TPSA) is 32.3 Å². The van der Waals surface area contributed by atoms with Crippen molar-refractivity contribution < 1.29 is 5.11 Å². The number of hydrogen-bond donors (Lipinski definition) is 2. The van der Waals surface area contributed by atoms with Gasteiger partial charge >= 0.3 is 0 Å². The molecule has 0 radical (unpaired) electrons. The van der Waals surface area contributed by atoms with Crippen LogP contribution in [0.25, 0.3) is 0 Å². The zero-order valence-corrected chi connectivity index (χ0v) is 14.7. The van der Waals surface area contributed by atoms with E-state index in [0.29, 0.717) is 6.04 Å². The largest absolute Gasteiger partial charge is 0.396 e. The third-order valence-electron chi connectivity index (χ3n) is 4.18. The van der Waals surface area contributed by atoms with Crippen LogP contribution in [0.2, 0.25) is 0 Å². The fraction of sp³-hybridized carbons (Fsp3) is 0.684. The summed E-state index contributed by atoms with van der Waals surface area (Å²) in [5.41, 5.74) is 3.15. The van der Waals surface area contributed by atoms with Gasteiger partial charge in [0, 0.05) is 19.2 Å². The first-order valence-electron chi connectivity index (χ1n) is 8.10. The van der Waals surface area contributed by atoms with Crippen LogP contribution in [0.4, 0.5) is 0 Å². The van der Waals surface area contributed by atoms with Crippen molar-refractivity contribution in [1.82, 2.24) is 5.32 Å². The lowest BCUT2D eigenvalue weighted by molar-refractivity contribution is 0.233. The first kappa shape index (κ1) is 18.2. The van der Waals surface area contributed by atoms with Gasteiger partial charge in [0.1, 0.15) is 0 Å². The molecule has 0 aliphatic heterocycles. The van der Waals surface area contributed by atoms with Crippen LogP contribution in [0.3, 0.4) is 0 Å². The highest BCUT2D eigenvalue weighted by atomic mass is 16.2. The van der Waals surface area contributed by atoms with Crippen LogP contribution in [0.5, 0.6) is 0 Å². The molecule has 1 aromatic rings. The van der Waals surface area contributed by atoms with Gasteiger partial charge in [-0.25, -0.2) is 0 Å². The molecule has 1 unspecified atom stereocenters. The Morgan fingerprint density at radius 1 is 1.05 bits per heavy atom. The molecule has 0 aliphatic rings. The van der Waals surface area contributed by atoms with Crippen LogP contribution in [0, 0.1) is 5.41 Å². The molecule has 2 nitrogen and oxygen atoms in total. The van der Waals surface area contributed by atoms with Crippen molar-refractivity contribution in [2.24, 2.45) is 5.41 Å². The highest BCUT2D eigenvalue weighted by molar-refractivity contribution is 5.29. The van der Waals surface area contributed by atoms with Crippen LogP contribution in [0.1, 0.15) is 71.6 Å². The Bertz CT molecular complexity index is 414. The first-order chi connectivity index (χ1) is 9.65. The molecule has 0 saturated heterocycles. The van der Waals surface area contributed by atoms with Crippen LogP contribution in [0.15, 0.2) is 24.3 Å². The van der Waals surface area contributed by atoms with Gasteiger partial charge in [0.15, 0.2) is 0 Å². The average molecular weight is 291 g/mol. The van der Waals surface area contributed by atoms with Gasteiger partial charge < -0.3 is 10.4 Å². The van der Waals surface area contributed by atoms with Crippen LogP contribution >= 0.6 is 0 Å². The van der Waals surface area contributed by atoms with Gasteiger partial charge in [-0.15, -0.1) is 0 Å². The smallest absolute Gasteiger partial charge is 0.0431 e. The van der Waals surface area contributed by atoms with Crippen LogP contribution < -0.4 is 5.32 Å². The predicted molar refractivity (Wildman–Crippen MR) is 91.7 cm³/mol. The van der Waals surface area contributed by atoms with E-state index in [1.165, 1.54) is 11.1 Å². The first-order valence-corrected chi connectivity index (χ1v) is 8.10. The third-order valence-corrected chi connectivity index (χ3v) is 4.18. The number of rotatable bonds is 7. The number of aliphatic hydroxyl groups is 1. The molecule has 2 heteroatoms. The van der Waals surface area contributed by atoms with E-state index in [1.807, 2.05) is 0 Å². The van der Waals surface area contributed by atoms with E-state index >= 15 is 0 Å². The molecule has 1 atom stereocenters. The minimum atomic E-state index is 0.210. The van der Waals surface area contributed by atoms with E-state index in [1.54, 1.807) is 0 Å². The molecule has 0 bridgehead atoms. The molecule has 0 saturated carbocycles. The molecule has 0 spiro atoms. The summed E-state index contributed by atoms with van der Waals surface area (Å²) in [6.07, 6.45) is 1.93. The maximum atomic E-state index is 8.96. The molecule has 0 aliphatic carbocycles. The summed E-state index contributed by atoms with van der Waals surface area (Å²) in [7, 11) is 0. The predicted octanol–water partition coefficient (Wildman–Crippen LogP) is 4.43. The highest BCUT2D eigenvalue weighted by Crippen LogP contribution is 2.25. The Morgan fingerprint density at radius 2 is 1.62 bits per heavy atom. The molecular formula is C19H33NO. The maximum absolute atomic E-state index is 8.96. The molecule has 0 aromatic heterocycles. The summed E-state index contributed by atoms with van der Waals surface area (Å²) in [6.45, 7) is 14.7. The molecule has 0 fully saturated rings. The van der Waals surface area contributed by atoms with Crippen molar-refractivity contribution in [1.29, 1.82) is 0 Å². The minimum absolute atomic E-state index is 0.210. The van der Waals surface area contributed by atoms with E-state index < -0.39 is 0 Å². The van der Waals surface area contributed by atoms with Gasteiger partial charge in [-0.3, -0.25) is 0 Å². The highest BCUT2D eigenvalue weighted by Gasteiger charge is 2.19. The van der Waals surface area contributed by atoms with Crippen molar-refractivity contribution in [3.63, 3.8) is 0 Å². The quantitative estimate of drug-likeness (QED) is 0.778. The number of hydrogen-bond acceptors (Lipinski definition) is 2. The van der Waals surface area contributed by atoms with Gasteiger partial charge in [-0.2, -0.15) is 0 Å². The molecular weight excluding hydrogens is 258 g/mol. The molecule has 1 rings (SSSR count). The number of aliphatic hydroxyl groups excluding tert-OH is 1. The van der Waals surface area contributed by atoms with Gasteiger partial charge in [0.2, 0.25) is 0 Å². The van der Waals surface area contributed by atoms with Gasteiger partial charge in [0.25, 0.3) is 0 Å². The van der Waals surface area contributed by atoms with E-state index in [0.717, 1.165) is 19.4 Å². The summed E-state index contributed by atoms with van der Waals surface area (Å²) >= 11 is 0. The fourth-order valence-electron chi connectivity index (χ4n) is 2.47. The molecule has 120 valence electrons. The van der Waals surface area contributed by atoms with Crippen molar-refractivity contribution >= 4 is 0 Å². The average Bonchev–Trinajstić information content (AvgIpc) is 2.42. The zero-order valence-electron chi connectivity index (χ0n) is 14.7. The summed E-state index contributed by atoms with van der Waals surface area (Å²) in [6, 6.07) is 9.31. The Hall–Kier alpha value is -0.860. The molecule has 0 heterocycles. The monoisotopic (exact) mass is 291 g/mol. The van der Waals surface area contributed by atoms with Crippen molar-refractivity contribution in [3.8, 4) is 0 Å². The number of benzene rings is 1. The third kappa shape index (κ3) is 6.19. The normalized spacial score (nSPS) is 14.2. The fourth-order valence-corrected chi connectivity index (χ4v) is 2.47. The maximum Gasteiger partial charge on any atom is 0.0431 e. The van der Waals surface area contributed by atoms with Crippen LogP contribution in [-0.4, -0.2) is 18.3 Å². The SMILES string of the molecule is CC(NCC(C)(C)CCCO)c1ccc(C(C)(C)C)cc1. The van der Waals surface area contributed by atoms with Crippen molar-refractivity contribution in [3.05, 3.63) is 35.4 Å². The van der Waals surface area contributed by atoms with E-state index in [9.17, 15) is 0 Å². The lowest BCUT2D eigenvalue weighted by atomic mass is 9.86. The second kappa shape index (κ2) is 7.42. The van der Waals surface area contributed by atoms with Crippen molar-refractivity contribution in [2.45, 2.75) is 65.8 Å². The summed E-state index contributed by atoms with van der Waals surface area (Å²) in [5, 5.41) is 12.6. The zero-order chi connectivity index (χ0) is 16.1. The second-order valence-corrected chi connectivity index (χ2v) is 7.97. The van der Waals surface area contributed by atoms with E-state index in [4.69, 9.17) is 5.11 Å². The van der Waals surface area contributed by atoms with Gasteiger partial charge in [0.05, 0.1) is 0 Å². The van der Waals surface area contributed by atoms with Crippen molar-refractivity contribution in [2.75, 3.05) is 13.2 Å². The lowest BCUT2D eigenvalue weighted by Gasteiger charge is -2.27. The van der Waals surface area contributed by atoms with Gasteiger partial charge in [-0.05, 0) is 41.7 Å². The Morgan fingerprint density at radius 3 is 2.10 bits per heavy atom. The minimum Gasteiger partial charge on any atom is -0.396 e. The molecule has 21 heavy (non-hydrogen) atoms.